The molecule has 3 nitrogen and oxygen atoms in total. The van der Waals surface area contributed by atoms with Gasteiger partial charge in [-0.25, -0.2) is 0 Å². The maximum atomic E-state index is 11.0. The lowest BCUT2D eigenvalue weighted by atomic mass is 10.2. The van der Waals surface area contributed by atoms with E-state index in [1.54, 1.807) is 24.3 Å². The molecule has 0 aliphatic carbocycles. The molecule has 11 heavy (non-hydrogen) atoms. The van der Waals surface area contributed by atoms with Gasteiger partial charge in [-0.1, -0.05) is 23.9 Å². The normalized spacial score (nSPS) is 10.5. The Labute approximate surface area is 63.1 Å². The fourth-order valence-electron chi connectivity index (χ4n) is 1.13. The summed E-state index contributed by atoms with van der Waals surface area (Å²) in [5.74, 6) is -0.150. The van der Waals surface area contributed by atoms with Crippen molar-refractivity contribution in [3.05, 3.63) is 30.5 Å². The van der Waals surface area contributed by atoms with Crippen LogP contribution in [0.5, 0.6) is 5.75 Å². The van der Waals surface area contributed by atoms with E-state index in [1.165, 1.54) is 0 Å². The Morgan fingerprint density at radius 2 is 2.00 bits per heavy atom. The van der Waals surface area contributed by atoms with Crippen LogP contribution in [0.1, 0.15) is 0 Å². The third-order valence-corrected chi connectivity index (χ3v) is 1.66. The molecule has 2 rings (SSSR count). The summed E-state index contributed by atoms with van der Waals surface area (Å²) in [6, 6.07) is 6.92. The van der Waals surface area contributed by atoms with Crippen molar-refractivity contribution in [1.82, 2.24) is 4.73 Å². The van der Waals surface area contributed by atoms with Crippen molar-refractivity contribution in [2.24, 2.45) is 0 Å². The molecule has 0 bridgehead atoms. The van der Waals surface area contributed by atoms with Crippen LogP contribution in [0.25, 0.3) is 10.9 Å². The standard InChI is InChI=1S/C8H7NO2/c10-8-5-9(11)7-4-2-1-3-6(7)8/h1-5,10-11H/p-1. The van der Waals surface area contributed by atoms with Gasteiger partial charge < -0.3 is 10.3 Å². The second kappa shape index (κ2) is 1.92. The first kappa shape index (κ1) is 6.09. The Bertz CT molecular complexity index is 356. The molecule has 2 aromatic rings. The van der Waals surface area contributed by atoms with Crippen LogP contribution < -0.4 is 5.11 Å². The highest BCUT2D eigenvalue weighted by Gasteiger charge is 1.97. The average molecular weight is 148 g/mol. The number of para-hydroxylation sites is 1. The molecule has 0 fully saturated rings. The van der Waals surface area contributed by atoms with Gasteiger partial charge >= 0.3 is 0 Å². The van der Waals surface area contributed by atoms with E-state index in [1.807, 2.05) is 0 Å². The van der Waals surface area contributed by atoms with E-state index in [-0.39, 0.29) is 5.75 Å². The molecule has 1 heterocycles. The first-order valence-corrected chi connectivity index (χ1v) is 3.25. The van der Waals surface area contributed by atoms with Gasteiger partial charge in [-0.05, 0) is 11.5 Å². The zero-order valence-electron chi connectivity index (χ0n) is 5.69. The van der Waals surface area contributed by atoms with Crippen molar-refractivity contribution in [2.75, 3.05) is 0 Å². The van der Waals surface area contributed by atoms with Crippen molar-refractivity contribution in [3.63, 3.8) is 0 Å². The number of benzene rings is 1. The Morgan fingerprint density at radius 3 is 2.73 bits per heavy atom. The number of fused-ring (bicyclic) bond motifs is 1. The van der Waals surface area contributed by atoms with E-state index in [0.29, 0.717) is 10.9 Å². The van der Waals surface area contributed by atoms with E-state index in [0.717, 1.165) is 10.9 Å². The summed E-state index contributed by atoms with van der Waals surface area (Å²) < 4.78 is 0.845. The molecule has 0 aliphatic rings. The Morgan fingerprint density at radius 1 is 1.27 bits per heavy atom. The Kier molecular flexibility index (Phi) is 1.06. The van der Waals surface area contributed by atoms with Crippen LogP contribution in [0.2, 0.25) is 0 Å². The van der Waals surface area contributed by atoms with E-state index >= 15 is 0 Å². The molecule has 0 saturated heterocycles. The maximum Gasteiger partial charge on any atom is 0.0858 e. The minimum atomic E-state index is -0.150. The highest BCUT2D eigenvalue weighted by Crippen LogP contribution is 2.22. The molecule has 3 heteroatoms. The third kappa shape index (κ3) is 0.741. The lowest BCUT2D eigenvalue weighted by Crippen LogP contribution is -1.86. The molecule has 0 saturated carbocycles. The second-order valence-corrected chi connectivity index (χ2v) is 2.36. The summed E-state index contributed by atoms with van der Waals surface area (Å²) in [6.45, 7) is 0. The van der Waals surface area contributed by atoms with Crippen molar-refractivity contribution in [3.8, 4) is 5.75 Å². The molecule has 1 aromatic carbocycles. The predicted octanol–water partition coefficient (Wildman–Crippen LogP) is 0.952. The smallest absolute Gasteiger partial charge is 0.0858 e. The predicted molar refractivity (Wildman–Crippen MR) is 38.6 cm³/mol. The van der Waals surface area contributed by atoms with Gasteiger partial charge in [0, 0.05) is 6.20 Å². The molecular formula is C8H6NO2-. The van der Waals surface area contributed by atoms with Crippen LogP contribution in [0.15, 0.2) is 30.5 Å². The summed E-state index contributed by atoms with van der Waals surface area (Å²) in [4.78, 5) is 0. The van der Waals surface area contributed by atoms with E-state index < -0.39 is 0 Å². The molecular weight excluding hydrogens is 142 g/mol. The molecule has 0 amide bonds. The van der Waals surface area contributed by atoms with Crippen LogP contribution >= 0.6 is 0 Å². The van der Waals surface area contributed by atoms with Crippen LogP contribution in [-0.2, 0) is 0 Å². The fourth-order valence-corrected chi connectivity index (χ4v) is 1.13. The molecule has 56 valence electrons. The summed E-state index contributed by atoms with van der Waals surface area (Å²) in [7, 11) is 0. The minimum Gasteiger partial charge on any atom is -0.871 e. The first-order valence-electron chi connectivity index (χ1n) is 3.25. The van der Waals surface area contributed by atoms with E-state index in [2.05, 4.69) is 0 Å². The zero-order chi connectivity index (χ0) is 7.84. The fraction of sp³-hybridized carbons (Fsp3) is 0. The molecule has 1 N–H and O–H groups in total. The summed E-state index contributed by atoms with van der Waals surface area (Å²) in [6.07, 6.45) is 1.16. The minimum absolute atomic E-state index is 0.150. The van der Waals surface area contributed by atoms with Gasteiger partial charge in [0.1, 0.15) is 0 Å². The van der Waals surface area contributed by atoms with Crippen molar-refractivity contribution >= 4 is 10.9 Å². The summed E-state index contributed by atoms with van der Waals surface area (Å²) in [5.41, 5.74) is 0.553. The van der Waals surface area contributed by atoms with Crippen LogP contribution in [0.3, 0.4) is 0 Å². The highest BCUT2D eigenvalue weighted by molar-refractivity contribution is 5.85. The SMILES string of the molecule is [O-]c1cn(O)c2ccccc12. The van der Waals surface area contributed by atoms with E-state index in [4.69, 9.17) is 5.21 Å². The van der Waals surface area contributed by atoms with E-state index in [9.17, 15) is 5.11 Å². The molecule has 0 atom stereocenters. The van der Waals surface area contributed by atoms with Gasteiger partial charge in [0.2, 0.25) is 0 Å². The quantitative estimate of drug-likeness (QED) is 0.565. The number of hydrogen-bond acceptors (Lipinski definition) is 2. The van der Waals surface area contributed by atoms with Crippen LogP contribution in [0, 0.1) is 0 Å². The number of aromatic nitrogens is 1. The topological polar surface area (TPSA) is 48.2 Å². The molecule has 0 aliphatic heterocycles. The van der Waals surface area contributed by atoms with Crippen molar-refractivity contribution < 1.29 is 10.3 Å². The lowest BCUT2D eigenvalue weighted by molar-refractivity contribution is -0.266. The molecule has 0 radical (unpaired) electrons. The van der Waals surface area contributed by atoms with Gasteiger partial charge in [-0.15, -0.1) is 0 Å². The summed E-state index contributed by atoms with van der Waals surface area (Å²) in [5, 5.41) is 20.7. The second-order valence-electron chi connectivity index (χ2n) is 2.36. The first-order chi connectivity index (χ1) is 5.29. The lowest BCUT2D eigenvalue weighted by Gasteiger charge is -1.97. The largest absolute Gasteiger partial charge is 0.871 e. The maximum absolute atomic E-state index is 11.0. The van der Waals surface area contributed by atoms with Gasteiger partial charge in [0.05, 0.1) is 5.52 Å². The Hall–Kier alpha value is -1.64. The van der Waals surface area contributed by atoms with Crippen molar-refractivity contribution in [2.45, 2.75) is 0 Å². The molecule has 1 aromatic heterocycles. The van der Waals surface area contributed by atoms with Gasteiger partial charge in [0.15, 0.2) is 0 Å². The van der Waals surface area contributed by atoms with Gasteiger partial charge in [0.25, 0.3) is 0 Å². The molecule has 0 spiro atoms. The number of hydrogen-bond donors (Lipinski definition) is 1. The molecule has 0 unspecified atom stereocenters. The third-order valence-electron chi connectivity index (χ3n) is 1.66. The Balaban J connectivity index is 2.95. The van der Waals surface area contributed by atoms with Crippen LogP contribution in [-0.4, -0.2) is 9.94 Å². The number of nitrogens with zero attached hydrogens (tertiary/aromatic N) is 1. The van der Waals surface area contributed by atoms with Crippen LogP contribution in [0.4, 0.5) is 0 Å². The highest BCUT2D eigenvalue weighted by atomic mass is 16.5. The van der Waals surface area contributed by atoms with Gasteiger partial charge in [-0.3, -0.25) is 0 Å². The zero-order valence-corrected chi connectivity index (χ0v) is 5.69. The monoisotopic (exact) mass is 148 g/mol. The van der Waals surface area contributed by atoms with Crippen molar-refractivity contribution in [1.29, 1.82) is 0 Å². The summed E-state index contributed by atoms with van der Waals surface area (Å²) >= 11 is 0. The average Bonchev–Trinajstić information content (AvgIpc) is 2.30. The number of rotatable bonds is 0. The van der Waals surface area contributed by atoms with Gasteiger partial charge in [-0.2, -0.15) is 4.73 Å².